The predicted molar refractivity (Wildman–Crippen MR) is 68.8 cm³/mol. The number of ether oxygens (including phenoxy) is 1. The zero-order valence-corrected chi connectivity index (χ0v) is 11.8. The van der Waals surface area contributed by atoms with E-state index in [9.17, 15) is 8.42 Å². The van der Waals surface area contributed by atoms with Gasteiger partial charge in [-0.25, -0.2) is 13.4 Å². The number of nitrogens with two attached hydrogens (primary N) is 1. The van der Waals surface area contributed by atoms with Crippen LogP contribution in [0.25, 0.3) is 0 Å². The summed E-state index contributed by atoms with van der Waals surface area (Å²) in [6.45, 7) is 2.18. The molecule has 0 aromatic carbocycles. The standard InChI is InChI=1S/C9H14N4O4S2/c1-6-11-4-8(18-6)19(15,16)13-2-3-17-7(5-13)9(10)12-14/h4,7,14H,2-3,5H2,1H3,(H2,10,12). The maximum absolute atomic E-state index is 12.4. The Bertz CT molecular complexity index is 583. The van der Waals surface area contributed by atoms with Crippen molar-refractivity contribution in [1.29, 1.82) is 0 Å². The lowest BCUT2D eigenvalue weighted by molar-refractivity contribution is 0.0355. The van der Waals surface area contributed by atoms with Crippen LogP contribution in [0.5, 0.6) is 0 Å². The molecule has 0 radical (unpaired) electrons. The Labute approximate surface area is 114 Å². The highest BCUT2D eigenvalue weighted by molar-refractivity contribution is 7.91. The smallest absolute Gasteiger partial charge is 0.254 e. The van der Waals surface area contributed by atoms with E-state index >= 15 is 0 Å². The molecule has 8 nitrogen and oxygen atoms in total. The Hall–Kier alpha value is -1.23. The van der Waals surface area contributed by atoms with E-state index in [-0.39, 0.29) is 29.7 Å². The summed E-state index contributed by atoms with van der Waals surface area (Å²) in [4.78, 5) is 3.94. The van der Waals surface area contributed by atoms with Crippen LogP contribution in [0.4, 0.5) is 0 Å². The lowest BCUT2D eigenvalue weighted by Crippen LogP contribution is -2.50. The Balaban J connectivity index is 2.21. The van der Waals surface area contributed by atoms with Crippen molar-refractivity contribution in [3.63, 3.8) is 0 Å². The molecule has 0 spiro atoms. The van der Waals surface area contributed by atoms with Gasteiger partial charge >= 0.3 is 0 Å². The second-order valence-corrected chi connectivity index (χ2v) is 7.35. The monoisotopic (exact) mass is 306 g/mol. The Morgan fingerprint density at radius 2 is 2.47 bits per heavy atom. The highest BCUT2D eigenvalue weighted by Gasteiger charge is 2.33. The van der Waals surface area contributed by atoms with Gasteiger partial charge in [0.05, 0.1) is 17.8 Å². The number of rotatable bonds is 3. The van der Waals surface area contributed by atoms with E-state index < -0.39 is 16.1 Å². The molecule has 1 aliphatic rings. The van der Waals surface area contributed by atoms with E-state index in [0.717, 1.165) is 11.3 Å². The Morgan fingerprint density at radius 1 is 1.74 bits per heavy atom. The molecular weight excluding hydrogens is 292 g/mol. The fourth-order valence-corrected chi connectivity index (χ4v) is 4.36. The highest BCUT2D eigenvalue weighted by Crippen LogP contribution is 2.23. The van der Waals surface area contributed by atoms with Crippen molar-refractivity contribution in [2.75, 3.05) is 19.7 Å². The molecule has 3 N–H and O–H groups in total. The predicted octanol–water partition coefficient (Wildman–Crippen LogP) is -0.413. The molecular formula is C9H14N4O4S2. The number of hydrogen-bond donors (Lipinski definition) is 2. The van der Waals surface area contributed by atoms with Gasteiger partial charge in [-0.3, -0.25) is 0 Å². The van der Waals surface area contributed by atoms with Crippen LogP contribution in [-0.2, 0) is 14.8 Å². The van der Waals surface area contributed by atoms with Crippen molar-refractivity contribution in [1.82, 2.24) is 9.29 Å². The summed E-state index contributed by atoms with van der Waals surface area (Å²) in [6.07, 6.45) is 0.603. The largest absolute Gasteiger partial charge is 0.409 e. The third-order valence-corrected chi connectivity index (χ3v) is 5.88. The van der Waals surface area contributed by atoms with Crippen molar-refractivity contribution in [2.24, 2.45) is 10.9 Å². The SMILES string of the molecule is Cc1ncc(S(=O)(=O)N2CCOC(/C(N)=N/O)C2)s1. The quantitative estimate of drug-likeness (QED) is 0.339. The number of oxime groups is 1. The Kier molecular flexibility index (Phi) is 4.04. The molecule has 1 atom stereocenters. The van der Waals surface area contributed by atoms with Gasteiger partial charge in [-0.05, 0) is 6.92 Å². The van der Waals surface area contributed by atoms with E-state index in [4.69, 9.17) is 15.7 Å². The first-order valence-electron chi connectivity index (χ1n) is 5.46. The molecule has 0 saturated carbocycles. The highest BCUT2D eigenvalue weighted by atomic mass is 32.2. The number of nitrogens with zero attached hydrogens (tertiary/aromatic N) is 3. The first-order chi connectivity index (χ1) is 8.95. The number of hydrogen-bond acceptors (Lipinski definition) is 7. The molecule has 1 aliphatic heterocycles. The topological polar surface area (TPSA) is 118 Å². The average Bonchev–Trinajstić information content (AvgIpc) is 2.85. The van der Waals surface area contributed by atoms with Crippen LogP contribution in [0, 0.1) is 6.92 Å². The molecule has 10 heteroatoms. The second kappa shape index (κ2) is 5.41. The van der Waals surface area contributed by atoms with Gasteiger partial charge in [-0.1, -0.05) is 5.16 Å². The maximum Gasteiger partial charge on any atom is 0.254 e. The zero-order chi connectivity index (χ0) is 14.0. The second-order valence-electron chi connectivity index (χ2n) is 3.95. The molecule has 0 aliphatic carbocycles. The average molecular weight is 306 g/mol. The molecule has 2 rings (SSSR count). The molecule has 1 aromatic rings. The molecule has 1 unspecified atom stereocenters. The van der Waals surface area contributed by atoms with Gasteiger partial charge in [0.2, 0.25) is 0 Å². The van der Waals surface area contributed by atoms with Gasteiger partial charge in [0.15, 0.2) is 10.0 Å². The van der Waals surface area contributed by atoms with Crippen molar-refractivity contribution in [2.45, 2.75) is 17.2 Å². The number of sulfonamides is 1. The zero-order valence-electron chi connectivity index (χ0n) is 10.2. The fraction of sp³-hybridized carbons (Fsp3) is 0.556. The third-order valence-electron chi connectivity index (χ3n) is 2.67. The van der Waals surface area contributed by atoms with E-state index in [0.29, 0.717) is 5.01 Å². The molecule has 0 bridgehead atoms. The summed E-state index contributed by atoms with van der Waals surface area (Å²) in [5.41, 5.74) is 5.44. The summed E-state index contributed by atoms with van der Waals surface area (Å²) in [6, 6.07) is 0. The molecule has 0 amide bonds. The summed E-state index contributed by atoms with van der Waals surface area (Å²) in [7, 11) is -3.60. The van der Waals surface area contributed by atoms with Crippen molar-refractivity contribution in [3.8, 4) is 0 Å². The molecule has 19 heavy (non-hydrogen) atoms. The number of morpholine rings is 1. The summed E-state index contributed by atoms with van der Waals surface area (Å²) >= 11 is 1.11. The van der Waals surface area contributed by atoms with Crippen molar-refractivity contribution >= 4 is 27.2 Å². The first-order valence-corrected chi connectivity index (χ1v) is 7.72. The van der Waals surface area contributed by atoms with Crippen LogP contribution >= 0.6 is 11.3 Å². The minimum Gasteiger partial charge on any atom is -0.409 e. The number of aryl methyl sites for hydroxylation is 1. The van der Waals surface area contributed by atoms with Gasteiger partial charge < -0.3 is 15.7 Å². The van der Waals surface area contributed by atoms with E-state index in [2.05, 4.69) is 10.1 Å². The molecule has 106 valence electrons. The minimum absolute atomic E-state index is 0.0230. The summed E-state index contributed by atoms with van der Waals surface area (Å²) in [5, 5.41) is 12.1. The number of amidine groups is 1. The van der Waals surface area contributed by atoms with Gasteiger partial charge in [-0.2, -0.15) is 4.31 Å². The van der Waals surface area contributed by atoms with Crippen LogP contribution in [0.2, 0.25) is 0 Å². The van der Waals surface area contributed by atoms with Gasteiger partial charge in [0.25, 0.3) is 10.0 Å². The summed E-state index contributed by atoms with van der Waals surface area (Å²) < 4.78 is 31.4. The van der Waals surface area contributed by atoms with Crippen LogP contribution in [-0.4, -0.2) is 54.6 Å². The van der Waals surface area contributed by atoms with E-state index in [1.165, 1.54) is 10.5 Å². The van der Waals surface area contributed by atoms with Crippen LogP contribution < -0.4 is 5.73 Å². The van der Waals surface area contributed by atoms with Crippen molar-refractivity contribution in [3.05, 3.63) is 11.2 Å². The number of thiazole rings is 1. The third kappa shape index (κ3) is 2.86. The van der Waals surface area contributed by atoms with Crippen LogP contribution in [0.15, 0.2) is 15.6 Å². The van der Waals surface area contributed by atoms with Gasteiger partial charge in [0, 0.05) is 13.1 Å². The van der Waals surface area contributed by atoms with Gasteiger partial charge in [0.1, 0.15) is 6.10 Å². The maximum atomic E-state index is 12.4. The molecule has 1 saturated heterocycles. The lowest BCUT2D eigenvalue weighted by Gasteiger charge is -2.30. The lowest BCUT2D eigenvalue weighted by atomic mass is 10.3. The Morgan fingerprint density at radius 3 is 3.05 bits per heavy atom. The first kappa shape index (κ1) is 14.2. The van der Waals surface area contributed by atoms with Crippen LogP contribution in [0.1, 0.15) is 5.01 Å². The summed E-state index contributed by atoms with van der Waals surface area (Å²) in [5.74, 6) is -0.139. The molecule has 1 fully saturated rings. The van der Waals surface area contributed by atoms with Gasteiger partial charge in [-0.15, -0.1) is 11.3 Å². The normalized spacial score (nSPS) is 22.6. The van der Waals surface area contributed by atoms with E-state index in [1.54, 1.807) is 6.92 Å². The molecule has 1 aromatic heterocycles. The molecule has 2 heterocycles. The number of aromatic nitrogens is 1. The van der Waals surface area contributed by atoms with Crippen LogP contribution in [0.3, 0.4) is 0 Å². The fourth-order valence-electron chi connectivity index (χ4n) is 1.68. The minimum atomic E-state index is -3.60. The van der Waals surface area contributed by atoms with Crippen molar-refractivity contribution < 1.29 is 18.4 Å². The van der Waals surface area contributed by atoms with E-state index in [1.807, 2.05) is 0 Å².